The summed E-state index contributed by atoms with van der Waals surface area (Å²) in [6.07, 6.45) is 0.289. The minimum atomic E-state index is -0.928. The molecule has 2 N–H and O–H groups in total. The van der Waals surface area contributed by atoms with Crippen molar-refractivity contribution in [2.45, 2.75) is 24.9 Å². The van der Waals surface area contributed by atoms with Crippen molar-refractivity contribution in [2.75, 3.05) is 44.2 Å². The summed E-state index contributed by atoms with van der Waals surface area (Å²) in [5.74, 6) is -1.88. The van der Waals surface area contributed by atoms with E-state index in [1.165, 1.54) is 0 Å². The maximum Gasteiger partial charge on any atom is 0.262 e. The van der Waals surface area contributed by atoms with E-state index in [1.807, 2.05) is 6.07 Å². The number of nitrogens with zero attached hydrogens (tertiary/aromatic N) is 3. The number of carbonyl (C=O) groups excluding carboxylic acids is 4. The Labute approximate surface area is 168 Å². The number of fused-ring (bicyclic) bond motifs is 1. The summed E-state index contributed by atoms with van der Waals surface area (Å²) in [7, 11) is 0. The maximum atomic E-state index is 13.0. The van der Waals surface area contributed by atoms with E-state index in [1.54, 1.807) is 12.1 Å². The van der Waals surface area contributed by atoms with Crippen molar-refractivity contribution in [1.82, 2.24) is 20.4 Å². The molecule has 3 fully saturated rings. The number of piperazine rings is 1. The van der Waals surface area contributed by atoms with Crippen LogP contribution in [0, 0.1) is 0 Å². The van der Waals surface area contributed by atoms with E-state index in [0.29, 0.717) is 17.2 Å². The normalized spacial score (nSPS) is 25.9. The molecule has 1 unspecified atom stereocenters. The topological polar surface area (TPSA) is 102 Å². The molecule has 4 aliphatic heterocycles. The summed E-state index contributed by atoms with van der Waals surface area (Å²) in [4.78, 5) is 55.0. The number of amides is 4. The number of anilines is 1. The minimum absolute atomic E-state index is 0.121. The first-order valence-electron chi connectivity index (χ1n) is 10.1. The molecule has 0 saturated carbocycles. The van der Waals surface area contributed by atoms with Crippen LogP contribution in [0.3, 0.4) is 0 Å². The molecule has 152 valence electrons. The van der Waals surface area contributed by atoms with E-state index in [2.05, 4.69) is 20.4 Å². The van der Waals surface area contributed by atoms with Crippen LogP contribution in [0.25, 0.3) is 0 Å². The zero-order valence-corrected chi connectivity index (χ0v) is 16.0. The van der Waals surface area contributed by atoms with E-state index in [4.69, 9.17) is 0 Å². The van der Waals surface area contributed by atoms with Crippen molar-refractivity contribution in [3.63, 3.8) is 0 Å². The van der Waals surface area contributed by atoms with Crippen molar-refractivity contribution in [1.29, 1.82) is 0 Å². The van der Waals surface area contributed by atoms with Crippen LogP contribution in [0.2, 0.25) is 0 Å². The number of piperidine rings is 1. The zero-order valence-electron chi connectivity index (χ0n) is 16.0. The minimum Gasteiger partial charge on any atom is -0.369 e. The fraction of sp³-hybridized carbons (Fsp3) is 0.500. The van der Waals surface area contributed by atoms with Gasteiger partial charge in [0.15, 0.2) is 0 Å². The van der Waals surface area contributed by atoms with Crippen molar-refractivity contribution in [3.8, 4) is 0 Å². The van der Waals surface area contributed by atoms with Gasteiger partial charge >= 0.3 is 0 Å². The third-order valence-corrected chi connectivity index (χ3v) is 6.38. The van der Waals surface area contributed by atoms with Gasteiger partial charge in [0.25, 0.3) is 11.8 Å². The van der Waals surface area contributed by atoms with Gasteiger partial charge in [-0.05, 0) is 24.6 Å². The van der Waals surface area contributed by atoms with E-state index in [-0.39, 0.29) is 18.7 Å². The average Bonchev–Trinajstić information content (AvgIpc) is 2.92. The van der Waals surface area contributed by atoms with Crippen molar-refractivity contribution in [3.05, 3.63) is 29.3 Å². The van der Waals surface area contributed by atoms with Gasteiger partial charge in [-0.1, -0.05) is 0 Å². The Kier molecular flexibility index (Phi) is 4.36. The lowest BCUT2D eigenvalue weighted by molar-refractivity contribution is -0.136. The summed E-state index contributed by atoms with van der Waals surface area (Å²) < 4.78 is 0. The molecule has 0 radical (unpaired) electrons. The van der Waals surface area contributed by atoms with E-state index >= 15 is 0 Å². The first-order valence-corrected chi connectivity index (χ1v) is 10.1. The molecular weight excluding hydrogens is 374 g/mol. The lowest BCUT2D eigenvalue weighted by Gasteiger charge is -2.43. The second-order valence-electron chi connectivity index (χ2n) is 8.01. The first-order chi connectivity index (χ1) is 14.0. The molecule has 5 rings (SSSR count). The number of benzene rings is 1. The fourth-order valence-corrected chi connectivity index (χ4v) is 4.53. The van der Waals surface area contributed by atoms with Crippen LogP contribution in [-0.4, -0.2) is 84.8 Å². The maximum absolute atomic E-state index is 13.0. The van der Waals surface area contributed by atoms with Crippen molar-refractivity contribution >= 4 is 29.3 Å². The van der Waals surface area contributed by atoms with E-state index < -0.39 is 23.8 Å². The third kappa shape index (κ3) is 3.01. The van der Waals surface area contributed by atoms with E-state index in [9.17, 15) is 19.2 Å². The Bertz CT molecular complexity index is 904. The quantitative estimate of drug-likeness (QED) is 0.643. The second-order valence-corrected chi connectivity index (χ2v) is 8.01. The standard InChI is InChI=1S/C20H23N5O4/c26-17-4-3-16(18(27)22-17)25-19(28)14-2-1-12(9-15(14)20(25)29)23-5-7-24(8-6-23)13-10-21-11-13/h1-2,9,13,16,21H,3-8,10-11H2,(H,22,26,27). The smallest absolute Gasteiger partial charge is 0.262 e. The van der Waals surface area contributed by atoms with Gasteiger partial charge in [-0.3, -0.25) is 34.3 Å². The number of nitrogens with one attached hydrogen (secondary N) is 2. The molecule has 1 aromatic rings. The molecule has 9 heteroatoms. The molecule has 4 heterocycles. The number of carbonyl (C=O) groups is 4. The zero-order chi connectivity index (χ0) is 20.1. The average molecular weight is 397 g/mol. The Morgan fingerprint density at radius 1 is 0.897 bits per heavy atom. The summed E-state index contributed by atoms with van der Waals surface area (Å²) >= 11 is 0. The van der Waals surface area contributed by atoms with Gasteiger partial charge < -0.3 is 10.2 Å². The molecule has 1 atom stereocenters. The molecule has 4 aliphatic rings. The fourth-order valence-electron chi connectivity index (χ4n) is 4.53. The number of imide groups is 2. The van der Waals surface area contributed by atoms with Crippen LogP contribution >= 0.6 is 0 Å². The highest BCUT2D eigenvalue weighted by Gasteiger charge is 2.44. The Morgan fingerprint density at radius 2 is 1.62 bits per heavy atom. The van der Waals surface area contributed by atoms with Gasteiger partial charge in [0, 0.05) is 57.4 Å². The Hall–Kier alpha value is -2.78. The molecule has 0 aromatic heterocycles. The first kappa shape index (κ1) is 18.3. The van der Waals surface area contributed by atoms with Crippen molar-refractivity contribution in [2.24, 2.45) is 0 Å². The van der Waals surface area contributed by atoms with Gasteiger partial charge in [0.05, 0.1) is 11.1 Å². The lowest BCUT2D eigenvalue weighted by Crippen LogP contribution is -2.61. The SMILES string of the molecule is O=C1CCC(N2C(=O)c3ccc(N4CCN(C5CNC5)CC4)cc3C2=O)C(=O)N1. The number of rotatable bonds is 3. The van der Waals surface area contributed by atoms with Crippen LogP contribution in [0.4, 0.5) is 5.69 Å². The highest BCUT2D eigenvalue weighted by molar-refractivity contribution is 6.23. The van der Waals surface area contributed by atoms with Crippen molar-refractivity contribution < 1.29 is 19.2 Å². The highest BCUT2D eigenvalue weighted by Crippen LogP contribution is 2.31. The number of hydrogen-bond donors (Lipinski definition) is 2. The largest absolute Gasteiger partial charge is 0.369 e. The Morgan fingerprint density at radius 3 is 2.28 bits per heavy atom. The molecule has 3 saturated heterocycles. The highest BCUT2D eigenvalue weighted by atomic mass is 16.2. The van der Waals surface area contributed by atoms with Crippen LogP contribution in [0.15, 0.2) is 18.2 Å². The molecule has 0 bridgehead atoms. The van der Waals surface area contributed by atoms with Crippen LogP contribution < -0.4 is 15.5 Å². The van der Waals surface area contributed by atoms with Gasteiger partial charge in [-0.2, -0.15) is 0 Å². The van der Waals surface area contributed by atoms with Gasteiger partial charge in [0.2, 0.25) is 11.8 Å². The molecule has 9 nitrogen and oxygen atoms in total. The van der Waals surface area contributed by atoms with Gasteiger partial charge in [-0.15, -0.1) is 0 Å². The van der Waals surface area contributed by atoms with Crippen LogP contribution in [0.5, 0.6) is 0 Å². The van der Waals surface area contributed by atoms with Gasteiger partial charge in [-0.25, -0.2) is 0 Å². The molecule has 4 amide bonds. The van der Waals surface area contributed by atoms with Gasteiger partial charge in [0.1, 0.15) is 6.04 Å². The van der Waals surface area contributed by atoms with Crippen LogP contribution in [0.1, 0.15) is 33.6 Å². The predicted molar refractivity (Wildman–Crippen MR) is 104 cm³/mol. The molecular formula is C20H23N5O4. The summed E-state index contributed by atoms with van der Waals surface area (Å²) in [6, 6.07) is 5.01. The summed E-state index contributed by atoms with van der Waals surface area (Å²) in [5.41, 5.74) is 1.58. The third-order valence-electron chi connectivity index (χ3n) is 6.38. The predicted octanol–water partition coefficient (Wildman–Crippen LogP) is -0.818. The van der Waals surface area contributed by atoms with Crippen LogP contribution in [-0.2, 0) is 9.59 Å². The lowest BCUT2D eigenvalue weighted by atomic mass is 10.0. The monoisotopic (exact) mass is 397 g/mol. The molecule has 0 spiro atoms. The van der Waals surface area contributed by atoms with E-state index in [0.717, 1.165) is 49.9 Å². The summed E-state index contributed by atoms with van der Waals surface area (Å²) in [5, 5.41) is 5.52. The molecule has 1 aromatic carbocycles. The molecule has 29 heavy (non-hydrogen) atoms. The second kappa shape index (κ2) is 6.93. The summed E-state index contributed by atoms with van der Waals surface area (Å²) in [6.45, 7) is 5.78. The number of hydrogen-bond acceptors (Lipinski definition) is 7. The molecule has 0 aliphatic carbocycles. The Balaban J connectivity index is 1.33.